The van der Waals surface area contributed by atoms with Crippen LogP contribution >= 0.6 is 0 Å². The van der Waals surface area contributed by atoms with Crippen molar-refractivity contribution >= 4 is 16.6 Å². The lowest BCUT2D eigenvalue weighted by Crippen LogP contribution is -2.36. The summed E-state index contributed by atoms with van der Waals surface area (Å²) in [5.41, 5.74) is 3.72. The minimum atomic E-state index is 0.192. The Morgan fingerprint density at radius 2 is 1.86 bits per heavy atom. The third-order valence-corrected chi connectivity index (χ3v) is 7.33. The first-order valence-corrected chi connectivity index (χ1v) is 13.0. The Kier molecular flexibility index (Phi) is 7.46. The predicted molar refractivity (Wildman–Crippen MR) is 142 cm³/mol. The highest BCUT2D eigenvalue weighted by Gasteiger charge is 2.29. The lowest BCUT2D eigenvalue weighted by atomic mass is 10.0. The molecule has 0 amide bonds. The summed E-state index contributed by atoms with van der Waals surface area (Å²) in [6.07, 6.45) is 2.24. The second-order valence-corrected chi connectivity index (χ2v) is 9.84. The highest BCUT2D eigenvalue weighted by molar-refractivity contribution is 5.85. The van der Waals surface area contributed by atoms with Gasteiger partial charge in [0, 0.05) is 57.9 Å². The Labute approximate surface area is 209 Å². The SMILES string of the molecule is CCN(CCNC)c1nc(OC2CCN(C)CC2)nc2c1CN(Cc1cccc3ccccc13)C2. The fourth-order valence-electron chi connectivity index (χ4n) is 5.29. The van der Waals surface area contributed by atoms with E-state index in [0.29, 0.717) is 6.01 Å². The van der Waals surface area contributed by atoms with E-state index in [1.54, 1.807) is 0 Å². The van der Waals surface area contributed by atoms with Gasteiger partial charge in [-0.2, -0.15) is 9.97 Å². The van der Waals surface area contributed by atoms with Crippen molar-refractivity contribution in [1.82, 2.24) is 25.1 Å². The van der Waals surface area contributed by atoms with Gasteiger partial charge in [-0.05, 0) is 50.2 Å². The maximum atomic E-state index is 6.37. The molecule has 2 aliphatic heterocycles. The summed E-state index contributed by atoms with van der Waals surface area (Å²) in [5.74, 6) is 1.04. The van der Waals surface area contributed by atoms with Gasteiger partial charge in [-0.1, -0.05) is 42.5 Å². The lowest BCUT2D eigenvalue weighted by molar-refractivity contribution is 0.105. The number of hydrogen-bond acceptors (Lipinski definition) is 7. The monoisotopic (exact) mass is 474 g/mol. The number of rotatable bonds is 9. The molecule has 7 nitrogen and oxygen atoms in total. The molecule has 1 fully saturated rings. The standard InChI is InChI=1S/C28H38N6O/c1-4-34(17-14-29-2)27-25-19-33(18-22-10-7-9-21-8-5-6-11-24(21)22)20-26(25)30-28(31-27)35-23-12-15-32(3)16-13-23/h5-11,23,29H,4,12-20H2,1-3H3. The van der Waals surface area contributed by atoms with Crippen molar-refractivity contribution < 1.29 is 4.74 Å². The zero-order valence-electron chi connectivity index (χ0n) is 21.3. The molecule has 0 radical (unpaired) electrons. The van der Waals surface area contributed by atoms with Crippen LogP contribution in [0.3, 0.4) is 0 Å². The molecule has 0 saturated carbocycles. The Bertz CT molecular complexity index is 1140. The van der Waals surface area contributed by atoms with E-state index in [1.165, 1.54) is 21.9 Å². The molecule has 0 unspecified atom stereocenters. The van der Waals surface area contributed by atoms with Crippen molar-refractivity contribution in [2.75, 3.05) is 51.7 Å². The van der Waals surface area contributed by atoms with Gasteiger partial charge in [0.1, 0.15) is 11.9 Å². The van der Waals surface area contributed by atoms with Gasteiger partial charge in [-0.3, -0.25) is 4.90 Å². The second-order valence-electron chi connectivity index (χ2n) is 9.84. The second kappa shape index (κ2) is 10.9. The van der Waals surface area contributed by atoms with Gasteiger partial charge in [0.15, 0.2) is 0 Å². The molecule has 186 valence electrons. The van der Waals surface area contributed by atoms with Gasteiger partial charge in [0.25, 0.3) is 0 Å². The van der Waals surface area contributed by atoms with E-state index < -0.39 is 0 Å². The van der Waals surface area contributed by atoms with Crippen LogP contribution in [-0.4, -0.2) is 72.7 Å². The predicted octanol–water partition coefficient (Wildman–Crippen LogP) is 3.66. The Morgan fingerprint density at radius 3 is 2.66 bits per heavy atom. The first-order valence-electron chi connectivity index (χ1n) is 13.0. The summed E-state index contributed by atoms with van der Waals surface area (Å²) in [7, 11) is 4.17. The molecular weight excluding hydrogens is 436 g/mol. The maximum absolute atomic E-state index is 6.37. The molecule has 7 heteroatoms. The minimum absolute atomic E-state index is 0.192. The number of benzene rings is 2. The number of nitrogens with one attached hydrogen (secondary N) is 1. The summed E-state index contributed by atoms with van der Waals surface area (Å²) in [6.45, 7) is 9.62. The molecular formula is C28H38N6O. The number of anilines is 1. The van der Waals surface area contributed by atoms with Crippen molar-refractivity contribution in [2.24, 2.45) is 0 Å². The van der Waals surface area contributed by atoms with Crippen molar-refractivity contribution in [1.29, 1.82) is 0 Å². The lowest BCUT2D eigenvalue weighted by Gasteiger charge is -2.29. The molecule has 2 aromatic carbocycles. The summed E-state index contributed by atoms with van der Waals surface area (Å²) in [6, 6.07) is 15.8. The van der Waals surface area contributed by atoms with Crippen LogP contribution in [0, 0.1) is 0 Å². The van der Waals surface area contributed by atoms with E-state index in [9.17, 15) is 0 Å². The first kappa shape index (κ1) is 24.0. The Balaban J connectivity index is 1.41. The smallest absolute Gasteiger partial charge is 0.318 e. The van der Waals surface area contributed by atoms with Crippen LogP contribution in [0.2, 0.25) is 0 Å². The molecule has 3 heterocycles. The van der Waals surface area contributed by atoms with Gasteiger partial charge >= 0.3 is 6.01 Å². The number of ether oxygens (including phenoxy) is 1. The van der Waals surface area contributed by atoms with Crippen LogP contribution in [0.1, 0.15) is 36.6 Å². The molecule has 35 heavy (non-hydrogen) atoms. The van der Waals surface area contributed by atoms with Crippen molar-refractivity contribution in [2.45, 2.75) is 45.5 Å². The van der Waals surface area contributed by atoms with Crippen LogP contribution < -0.4 is 15.0 Å². The number of aromatic nitrogens is 2. The Morgan fingerprint density at radius 1 is 1.06 bits per heavy atom. The topological polar surface area (TPSA) is 56.8 Å². The number of likely N-dealkylation sites (N-methyl/N-ethyl adjacent to an activating group) is 2. The number of hydrogen-bond donors (Lipinski definition) is 1. The van der Waals surface area contributed by atoms with E-state index in [1.807, 2.05) is 7.05 Å². The largest absolute Gasteiger partial charge is 0.460 e. The number of likely N-dealkylation sites (tertiary alicyclic amines) is 1. The van der Waals surface area contributed by atoms with Crippen LogP contribution in [0.15, 0.2) is 42.5 Å². The average molecular weight is 475 g/mol. The van der Waals surface area contributed by atoms with E-state index in [-0.39, 0.29) is 6.10 Å². The summed E-state index contributed by atoms with van der Waals surface area (Å²) < 4.78 is 6.37. The zero-order valence-corrected chi connectivity index (χ0v) is 21.3. The van der Waals surface area contributed by atoms with Crippen molar-refractivity contribution in [3.63, 3.8) is 0 Å². The molecule has 1 aromatic heterocycles. The van der Waals surface area contributed by atoms with Crippen LogP contribution in [0.5, 0.6) is 6.01 Å². The molecule has 1 N–H and O–H groups in total. The van der Waals surface area contributed by atoms with Gasteiger partial charge < -0.3 is 19.9 Å². The quantitative estimate of drug-likeness (QED) is 0.508. The van der Waals surface area contributed by atoms with E-state index in [4.69, 9.17) is 14.7 Å². The van der Waals surface area contributed by atoms with Crippen LogP contribution in [-0.2, 0) is 19.6 Å². The van der Waals surface area contributed by atoms with Crippen molar-refractivity contribution in [3.05, 3.63) is 59.3 Å². The number of fused-ring (bicyclic) bond motifs is 2. The summed E-state index contributed by atoms with van der Waals surface area (Å²) in [5, 5.41) is 5.90. The molecule has 1 saturated heterocycles. The van der Waals surface area contributed by atoms with E-state index in [0.717, 1.165) is 76.7 Å². The highest BCUT2D eigenvalue weighted by atomic mass is 16.5. The van der Waals surface area contributed by atoms with Gasteiger partial charge in [0.05, 0.1) is 5.69 Å². The first-order chi connectivity index (χ1) is 17.1. The molecule has 0 spiro atoms. The highest BCUT2D eigenvalue weighted by Crippen LogP contribution is 2.33. The molecule has 0 atom stereocenters. The molecule has 0 aliphatic carbocycles. The van der Waals surface area contributed by atoms with Crippen LogP contribution in [0.4, 0.5) is 5.82 Å². The maximum Gasteiger partial charge on any atom is 0.318 e. The molecule has 3 aromatic rings. The fraction of sp³-hybridized carbons (Fsp3) is 0.500. The summed E-state index contributed by atoms with van der Waals surface area (Å²) >= 11 is 0. The van der Waals surface area contributed by atoms with E-state index >= 15 is 0 Å². The summed E-state index contributed by atoms with van der Waals surface area (Å²) in [4.78, 5) is 17.1. The number of piperidine rings is 1. The molecule has 0 bridgehead atoms. The number of nitrogens with zero attached hydrogens (tertiary/aromatic N) is 5. The third kappa shape index (κ3) is 5.42. The van der Waals surface area contributed by atoms with Gasteiger partial charge in [-0.15, -0.1) is 0 Å². The van der Waals surface area contributed by atoms with E-state index in [2.05, 4.69) is 76.5 Å². The van der Waals surface area contributed by atoms with Gasteiger partial charge in [0.2, 0.25) is 0 Å². The normalized spacial score (nSPS) is 17.1. The zero-order chi connectivity index (χ0) is 24.2. The Hall–Kier alpha value is -2.74. The van der Waals surface area contributed by atoms with Crippen LogP contribution in [0.25, 0.3) is 10.8 Å². The fourth-order valence-corrected chi connectivity index (χ4v) is 5.29. The molecule has 2 aliphatic rings. The average Bonchev–Trinajstić information content (AvgIpc) is 3.28. The van der Waals surface area contributed by atoms with Crippen molar-refractivity contribution in [3.8, 4) is 6.01 Å². The molecule has 5 rings (SSSR count). The minimum Gasteiger partial charge on any atom is -0.460 e. The third-order valence-electron chi connectivity index (χ3n) is 7.33. The van der Waals surface area contributed by atoms with Gasteiger partial charge in [-0.25, -0.2) is 0 Å².